The molecule has 0 bridgehead atoms. The summed E-state index contributed by atoms with van der Waals surface area (Å²) in [5, 5.41) is 3.46. The number of nitrogens with zero attached hydrogens (tertiary/aromatic N) is 2. The zero-order chi connectivity index (χ0) is 18.2. The lowest BCUT2D eigenvalue weighted by molar-refractivity contribution is -0.136. The Bertz CT molecular complexity index is 666. The van der Waals surface area contributed by atoms with Gasteiger partial charge in [0.15, 0.2) is 0 Å². The third-order valence-corrected chi connectivity index (χ3v) is 5.24. The average molecular weight is 351 g/mol. The maximum Gasteiger partial charge on any atom is 0.230 e. The summed E-state index contributed by atoms with van der Waals surface area (Å²) in [6.45, 7) is 4.70. The van der Waals surface area contributed by atoms with Gasteiger partial charge in [-0.3, -0.25) is 9.78 Å². The summed E-state index contributed by atoms with van der Waals surface area (Å²) >= 11 is 0. The first-order valence-corrected chi connectivity index (χ1v) is 9.75. The van der Waals surface area contributed by atoms with Crippen molar-refractivity contribution in [2.45, 2.75) is 51.1 Å². The van der Waals surface area contributed by atoms with Gasteiger partial charge in [0, 0.05) is 12.2 Å². The second kappa shape index (κ2) is 9.48. The Morgan fingerprint density at radius 2 is 1.96 bits per heavy atom. The van der Waals surface area contributed by atoms with E-state index in [1.807, 2.05) is 36.4 Å². The molecule has 1 aromatic carbocycles. The molecule has 2 heterocycles. The summed E-state index contributed by atoms with van der Waals surface area (Å²) in [5.41, 5.74) is 2.07. The van der Waals surface area contributed by atoms with E-state index in [1.54, 1.807) is 6.20 Å². The van der Waals surface area contributed by atoms with Crippen LogP contribution >= 0.6 is 0 Å². The maximum atomic E-state index is 13.6. The van der Waals surface area contributed by atoms with E-state index in [1.165, 1.54) is 0 Å². The van der Waals surface area contributed by atoms with Crippen LogP contribution in [-0.4, -0.2) is 34.9 Å². The molecule has 2 aromatic rings. The van der Waals surface area contributed by atoms with Crippen molar-refractivity contribution in [3.63, 3.8) is 0 Å². The molecule has 1 saturated heterocycles. The van der Waals surface area contributed by atoms with E-state index in [0.29, 0.717) is 6.54 Å². The molecule has 4 nitrogen and oxygen atoms in total. The smallest absolute Gasteiger partial charge is 0.230 e. The molecule has 1 aliphatic rings. The molecule has 2 atom stereocenters. The normalized spacial score (nSPS) is 18.7. The topological polar surface area (TPSA) is 45.2 Å². The molecule has 138 valence electrons. The number of carbonyl (C=O) groups is 1. The first-order chi connectivity index (χ1) is 12.8. The van der Waals surface area contributed by atoms with Gasteiger partial charge < -0.3 is 10.2 Å². The van der Waals surface area contributed by atoms with Crippen LogP contribution in [0.25, 0.3) is 0 Å². The second-order valence-electron chi connectivity index (χ2n) is 6.99. The fourth-order valence-corrected chi connectivity index (χ4v) is 3.80. The molecule has 0 saturated carbocycles. The molecule has 1 N–H and O–H groups in total. The van der Waals surface area contributed by atoms with Gasteiger partial charge in [-0.05, 0) is 56.5 Å². The SMILES string of the molecule is CCC(C(=O)N(Cc1ccccn1)C1CCCNCC1)c1ccccc1. The monoisotopic (exact) mass is 351 g/mol. The van der Waals surface area contributed by atoms with E-state index in [9.17, 15) is 4.79 Å². The van der Waals surface area contributed by atoms with Crippen LogP contribution in [-0.2, 0) is 11.3 Å². The van der Waals surface area contributed by atoms with Crippen molar-refractivity contribution in [3.8, 4) is 0 Å². The van der Waals surface area contributed by atoms with Gasteiger partial charge in [-0.2, -0.15) is 0 Å². The van der Waals surface area contributed by atoms with Crippen molar-refractivity contribution in [2.24, 2.45) is 0 Å². The Hall–Kier alpha value is -2.20. The van der Waals surface area contributed by atoms with Crippen LogP contribution < -0.4 is 5.32 Å². The molecule has 1 aliphatic heterocycles. The molecule has 1 fully saturated rings. The predicted molar refractivity (Wildman–Crippen MR) is 105 cm³/mol. The van der Waals surface area contributed by atoms with Crippen LogP contribution in [0.15, 0.2) is 54.7 Å². The zero-order valence-electron chi connectivity index (χ0n) is 15.6. The van der Waals surface area contributed by atoms with Crippen molar-refractivity contribution >= 4 is 5.91 Å². The number of benzene rings is 1. The summed E-state index contributed by atoms with van der Waals surface area (Å²) in [7, 11) is 0. The number of rotatable bonds is 6. The number of pyridine rings is 1. The van der Waals surface area contributed by atoms with Crippen LogP contribution in [0.4, 0.5) is 0 Å². The molecular weight excluding hydrogens is 322 g/mol. The Labute approximate surface area is 156 Å². The molecule has 2 unspecified atom stereocenters. The van der Waals surface area contributed by atoms with Crippen molar-refractivity contribution in [1.29, 1.82) is 0 Å². The minimum atomic E-state index is -0.0869. The van der Waals surface area contributed by atoms with Crippen LogP contribution in [0.5, 0.6) is 0 Å². The third kappa shape index (κ3) is 4.70. The lowest BCUT2D eigenvalue weighted by Crippen LogP contribution is -2.43. The Morgan fingerprint density at radius 1 is 1.15 bits per heavy atom. The van der Waals surface area contributed by atoms with Gasteiger partial charge in [0.1, 0.15) is 0 Å². The first-order valence-electron chi connectivity index (χ1n) is 9.75. The molecule has 4 heteroatoms. The predicted octanol–water partition coefficient (Wildman–Crippen LogP) is 3.75. The van der Waals surface area contributed by atoms with E-state index >= 15 is 0 Å². The van der Waals surface area contributed by atoms with Crippen molar-refractivity contribution < 1.29 is 4.79 Å². The Kier molecular flexibility index (Phi) is 6.78. The van der Waals surface area contributed by atoms with Gasteiger partial charge >= 0.3 is 0 Å². The molecule has 0 radical (unpaired) electrons. The highest BCUT2D eigenvalue weighted by molar-refractivity contribution is 5.84. The number of hydrogen-bond acceptors (Lipinski definition) is 3. The zero-order valence-corrected chi connectivity index (χ0v) is 15.6. The second-order valence-corrected chi connectivity index (χ2v) is 6.99. The van der Waals surface area contributed by atoms with E-state index in [0.717, 1.165) is 50.0 Å². The first kappa shape index (κ1) is 18.6. The highest BCUT2D eigenvalue weighted by Gasteiger charge is 2.30. The summed E-state index contributed by atoms with van der Waals surface area (Å²) in [5.74, 6) is 0.146. The van der Waals surface area contributed by atoms with Crippen LogP contribution in [0.1, 0.15) is 49.8 Å². The van der Waals surface area contributed by atoms with E-state index in [-0.39, 0.29) is 17.9 Å². The highest BCUT2D eigenvalue weighted by atomic mass is 16.2. The fourth-order valence-electron chi connectivity index (χ4n) is 3.80. The number of amides is 1. The fraction of sp³-hybridized carbons (Fsp3) is 0.455. The van der Waals surface area contributed by atoms with Crippen molar-refractivity contribution in [1.82, 2.24) is 15.2 Å². The van der Waals surface area contributed by atoms with Gasteiger partial charge in [-0.15, -0.1) is 0 Å². The highest BCUT2D eigenvalue weighted by Crippen LogP contribution is 2.26. The van der Waals surface area contributed by atoms with Crippen molar-refractivity contribution in [3.05, 3.63) is 66.0 Å². The van der Waals surface area contributed by atoms with Crippen LogP contribution in [0.2, 0.25) is 0 Å². The molecule has 1 amide bonds. The van der Waals surface area contributed by atoms with E-state index < -0.39 is 0 Å². The number of hydrogen-bond donors (Lipinski definition) is 1. The standard InChI is InChI=1S/C22H29N3O/c1-2-21(18-9-4-3-5-10-18)22(26)25(17-19-11-6-7-15-24-19)20-12-8-14-23-16-13-20/h3-7,9-11,15,20-21,23H,2,8,12-14,16-17H2,1H3. The van der Waals surface area contributed by atoms with Gasteiger partial charge in [-0.25, -0.2) is 0 Å². The Morgan fingerprint density at radius 3 is 2.69 bits per heavy atom. The molecule has 26 heavy (non-hydrogen) atoms. The summed E-state index contributed by atoms with van der Waals surface area (Å²) in [6, 6.07) is 16.4. The lowest BCUT2D eigenvalue weighted by Gasteiger charge is -2.34. The quantitative estimate of drug-likeness (QED) is 0.862. The Balaban J connectivity index is 1.86. The van der Waals surface area contributed by atoms with Gasteiger partial charge in [0.2, 0.25) is 5.91 Å². The molecule has 3 rings (SSSR count). The molecule has 1 aromatic heterocycles. The number of nitrogens with one attached hydrogen (secondary N) is 1. The number of carbonyl (C=O) groups excluding carboxylic acids is 1. The molecule has 0 aliphatic carbocycles. The van der Waals surface area contributed by atoms with Gasteiger partial charge in [0.25, 0.3) is 0 Å². The van der Waals surface area contributed by atoms with Gasteiger partial charge in [-0.1, -0.05) is 43.3 Å². The maximum absolute atomic E-state index is 13.6. The molecular formula is C22H29N3O. The largest absolute Gasteiger partial charge is 0.333 e. The van der Waals surface area contributed by atoms with Crippen molar-refractivity contribution in [2.75, 3.05) is 13.1 Å². The third-order valence-electron chi connectivity index (χ3n) is 5.24. The average Bonchev–Trinajstić information content (AvgIpc) is 2.97. The van der Waals surface area contributed by atoms with E-state index in [2.05, 4.69) is 34.3 Å². The van der Waals surface area contributed by atoms with Gasteiger partial charge in [0.05, 0.1) is 18.2 Å². The lowest BCUT2D eigenvalue weighted by atomic mass is 9.93. The minimum absolute atomic E-state index is 0.0869. The minimum Gasteiger partial charge on any atom is -0.333 e. The summed E-state index contributed by atoms with van der Waals surface area (Å²) in [4.78, 5) is 20.1. The van der Waals surface area contributed by atoms with Crippen LogP contribution in [0.3, 0.4) is 0 Å². The van der Waals surface area contributed by atoms with Crippen LogP contribution in [0, 0.1) is 0 Å². The molecule has 0 spiro atoms. The van der Waals surface area contributed by atoms with E-state index in [4.69, 9.17) is 0 Å². The summed E-state index contributed by atoms with van der Waals surface area (Å²) in [6.07, 6.45) is 5.78. The summed E-state index contributed by atoms with van der Waals surface area (Å²) < 4.78 is 0. The number of aromatic nitrogens is 1.